The number of hydrogen-bond donors (Lipinski definition) is 0. The molecule has 0 bridgehead atoms. The molecule has 1 unspecified atom stereocenters. The quantitative estimate of drug-likeness (QED) is 0.503. The van der Waals surface area contributed by atoms with Crippen LogP contribution >= 0.6 is 0 Å². The molecule has 1 atom stereocenters. The molecule has 0 spiro atoms. The van der Waals surface area contributed by atoms with E-state index in [9.17, 15) is 4.79 Å². The van der Waals surface area contributed by atoms with Gasteiger partial charge >= 0.3 is 0 Å². The van der Waals surface area contributed by atoms with Gasteiger partial charge in [-0.15, -0.1) is 0 Å². The van der Waals surface area contributed by atoms with Gasteiger partial charge in [-0.2, -0.15) is 0 Å². The highest BCUT2D eigenvalue weighted by atomic mass is 16.1. The molecule has 0 saturated carbocycles. The topological polar surface area (TPSA) is 41.8 Å². The number of nitrogens with zero attached hydrogens (tertiary/aromatic N) is 2. The molecule has 3 nitrogen and oxygen atoms in total. The van der Waals surface area contributed by atoms with Gasteiger partial charge < -0.3 is 4.79 Å². The maximum Gasteiger partial charge on any atom is 0.132 e. The van der Waals surface area contributed by atoms with Gasteiger partial charge in [0, 0.05) is 0 Å². The molecule has 11 heavy (non-hydrogen) atoms. The summed E-state index contributed by atoms with van der Waals surface area (Å²) in [5, 5.41) is 0. The highest BCUT2D eigenvalue weighted by Gasteiger charge is 2.20. The fourth-order valence-corrected chi connectivity index (χ4v) is 1.14. The summed E-state index contributed by atoms with van der Waals surface area (Å²) >= 11 is 0. The Balaban J connectivity index is 2.41. The number of hydrogen-bond acceptors (Lipinski definition) is 3. The van der Waals surface area contributed by atoms with Crippen LogP contribution in [0.25, 0.3) is 0 Å². The average Bonchev–Trinajstić information content (AvgIpc) is 2.50. The number of carbonyl (C=O) groups excluding carboxylic acids is 1. The van der Waals surface area contributed by atoms with Crippen molar-refractivity contribution in [3.63, 3.8) is 0 Å². The minimum atomic E-state index is -0.197. The van der Waals surface area contributed by atoms with Crippen LogP contribution in [0.4, 0.5) is 0 Å². The number of aldehydes is 1. The second-order valence-electron chi connectivity index (χ2n) is 2.36. The van der Waals surface area contributed by atoms with Crippen molar-refractivity contribution in [1.82, 2.24) is 0 Å². The Morgan fingerprint density at radius 3 is 3.27 bits per heavy atom. The monoisotopic (exact) mass is 146 g/mol. The van der Waals surface area contributed by atoms with E-state index in [0.717, 1.165) is 17.7 Å². The minimum absolute atomic E-state index is 0.197. The van der Waals surface area contributed by atoms with Crippen LogP contribution in [0.5, 0.6) is 0 Å². The molecule has 54 valence electrons. The lowest BCUT2D eigenvalue weighted by Crippen LogP contribution is -2.15. The lowest BCUT2D eigenvalue weighted by atomic mass is 9.98. The molecule has 0 N–H and O–H groups in total. The van der Waals surface area contributed by atoms with E-state index in [0.29, 0.717) is 0 Å². The highest BCUT2D eigenvalue weighted by Crippen LogP contribution is 2.18. The van der Waals surface area contributed by atoms with Gasteiger partial charge in [0.25, 0.3) is 0 Å². The Kier molecular flexibility index (Phi) is 1.28. The van der Waals surface area contributed by atoms with E-state index in [4.69, 9.17) is 0 Å². The van der Waals surface area contributed by atoms with Gasteiger partial charge in [-0.1, -0.05) is 12.2 Å². The predicted molar refractivity (Wildman–Crippen MR) is 42.7 cm³/mol. The summed E-state index contributed by atoms with van der Waals surface area (Å²) in [6.07, 6.45) is 7.84. The van der Waals surface area contributed by atoms with E-state index >= 15 is 0 Å². The van der Waals surface area contributed by atoms with Crippen molar-refractivity contribution in [3.8, 4) is 0 Å². The van der Waals surface area contributed by atoms with Crippen LogP contribution in [0.1, 0.15) is 0 Å². The van der Waals surface area contributed by atoms with Gasteiger partial charge in [0.1, 0.15) is 12.6 Å². The van der Waals surface area contributed by atoms with Gasteiger partial charge in [0.2, 0.25) is 0 Å². The summed E-state index contributed by atoms with van der Waals surface area (Å²) in [4.78, 5) is 18.4. The average molecular weight is 146 g/mol. The van der Waals surface area contributed by atoms with Gasteiger partial charge in [0.05, 0.1) is 17.3 Å². The van der Waals surface area contributed by atoms with E-state index in [-0.39, 0.29) is 5.92 Å². The lowest BCUT2D eigenvalue weighted by molar-refractivity contribution is -0.108. The Bertz CT molecular complexity index is 310. The molecule has 0 amide bonds. The third-order valence-corrected chi connectivity index (χ3v) is 1.69. The van der Waals surface area contributed by atoms with Crippen LogP contribution in [-0.2, 0) is 4.79 Å². The van der Waals surface area contributed by atoms with Gasteiger partial charge in [-0.25, -0.2) is 9.98 Å². The molecule has 0 aromatic carbocycles. The van der Waals surface area contributed by atoms with Gasteiger partial charge in [-0.3, -0.25) is 0 Å². The smallest absolute Gasteiger partial charge is 0.132 e. The number of allylic oxidation sites excluding steroid dienone is 4. The zero-order valence-corrected chi connectivity index (χ0v) is 5.77. The number of aliphatic imine (C=N–C) groups is 2. The number of fused-ring (bicyclic) bond motifs is 1. The fourth-order valence-electron chi connectivity index (χ4n) is 1.14. The molecule has 0 fully saturated rings. The maximum atomic E-state index is 10.5. The van der Waals surface area contributed by atoms with Crippen molar-refractivity contribution < 1.29 is 4.79 Å². The SMILES string of the molecule is O=CC1C=CC=C2N=CN=C21. The van der Waals surface area contributed by atoms with Crippen molar-refractivity contribution in [2.75, 3.05) is 0 Å². The Morgan fingerprint density at radius 1 is 1.55 bits per heavy atom. The third-order valence-electron chi connectivity index (χ3n) is 1.69. The molecule has 0 saturated heterocycles. The van der Waals surface area contributed by atoms with Crippen LogP contribution in [-0.4, -0.2) is 18.3 Å². The van der Waals surface area contributed by atoms with E-state index in [2.05, 4.69) is 9.98 Å². The molecular formula is C8H6N2O. The molecule has 3 heteroatoms. The molecule has 1 aliphatic heterocycles. The number of carbonyl (C=O) groups is 1. The number of rotatable bonds is 1. The van der Waals surface area contributed by atoms with Crippen molar-refractivity contribution in [3.05, 3.63) is 23.9 Å². The van der Waals surface area contributed by atoms with E-state index in [1.807, 2.05) is 18.2 Å². The maximum absolute atomic E-state index is 10.5. The zero-order valence-electron chi connectivity index (χ0n) is 5.77. The first-order chi connectivity index (χ1) is 5.42. The molecule has 1 heterocycles. The molecule has 0 aromatic heterocycles. The third kappa shape index (κ3) is 0.852. The normalized spacial score (nSPS) is 26.0. The van der Waals surface area contributed by atoms with Crippen LogP contribution < -0.4 is 0 Å². The molecule has 1 aliphatic carbocycles. The fraction of sp³-hybridized carbons (Fsp3) is 0.125. The summed E-state index contributed by atoms with van der Waals surface area (Å²) in [5.74, 6) is -0.197. The van der Waals surface area contributed by atoms with Gasteiger partial charge in [0.15, 0.2) is 0 Å². The standard InChI is InChI=1S/C8H6N2O/c11-4-6-2-1-3-7-8(6)10-5-9-7/h1-6H. The first-order valence-corrected chi connectivity index (χ1v) is 3.36. The van der Waals surface area contributed by atoms with Crippen LogP contribution in [0.2, 0.25) is 0 Å². The highest BCUT2D eigenvalue weighted by molar-refractivity contribution is 6.16. The van der Waals surface area contributed by atoms with Crippen molar-refractivity contribution in [1.29, 1.82) is 0 Å². The molecule has 0 radical (unpaired) electrons. The second kappa shape index (κ2) is 2.27. The molecule has 0 aromatic rings. The Hall–Kier alpha value is -1.51. The van der Waals surface area contributed by atoms with Crippen LogP contribution in [0, 0.1) is 5.92 Å². The second-order valence-corrected chi connectivity index (χ2v) is 2.36. The molecule has 2 aliphatic rings. The first-order valence-electron chi connectivity index (χ1n) is 3.36. The van der Waals surface area contributed by atoms with Crippen molar-refractivity contribution in [2.45, 2.75) is 0 Å². The van der Waals surface area contributed by atoms with E-state index in [1.165, 1.54) is 6.34 Å². The minimum Gasteiger partial charge on any atom is -0.302 e. The molecular weight excluding hydrogens is 140 g/mol. The first kappa shape index (κ1) is 6.22. The Morgan fingerprint density at radius 2 is 2.45 bits per heavy atom. The largest absolute Gasteiger partial charge is 0.302 e. The van der Waals surface area contributed by atoms with Crippen molar-refractivity contribution >= 4 is 18.3 Å². The zero-order chi connectivity index (χ0) is 7.68. The summed E-state index contributed by atoms with van der Waals surface area (Å²) in [6.45, 7) is 0. The molecule has 2 rings (SSSR count). The van der Waals surface area contributed by atoms with Crippen LogP contribution in [0.15, 0.2) is 33.9 Å². The van der Waals surface area contributed by atoms with E-state index < -0.39 is 0 Å². The van der Waals surface area contributed by atoms with Crippen LogP contribution in [0.3, 0.4) is 0 Å². The summed E-state index contributed by atoms with van der Waals surface area (Å²) in [5.41, 5.74) is 1.58. The summed E-state index contributed by atoms with van der Waals surface area (Å²) in [6, 6.07) is 0. The predicted octanol–water partition coefficient (Wildman–Crippen LogP) is 0.738. The lowest BCUT2D eigenvalue weighted by Gasteiger charge is -2.08. The van der Waals surface area contributed by atoms with Gasteiger partial charge in [-0.05, 0) is 6.08 Å². The summed E-state index contributed by atoms with van der Waals surface area (Å²) in [7, 11) is 0. The summed E-state index contributed by atoms with van der Waals surface area (Å²) < 4.78 is 0. The van der Waals surface area contributed by atoms with Crippen molar-refractivity contribution in [2.24, 2.45) is 15.9 Å². The van der Waals surface area contributed by atoms with E-state index in [1.54, 1.807) is 0 Å². The Labute approximate surface area is 63.9 Å².